The van der Waals surface area contributed by atoms with Gasteiger partial charge in [-0.15, -0.1) is 0 Å². The average Bonchev–Trinajstić information content (AvgIpc) is 3.05. The molecule has 1 aliphatic heterocycles. The van der Waals surface area contributed by atoms with Crippen LogP contribution in [0.4, 0.5) is 5.82 Å². The van der Waals surface area contributed by atoms with Gasteiger partial charge in [-0.05, 0) is 48.0 Å². The number of rotatable bonds is 4. The highest BCUT2D eigenvalue weighted by Crippen LogP contribution is 2.41. The Morgan fingerprint density at radius 2 is 1.83 bits per heavy atom. The summed E-state index contributed by atoms with van der Waals surface area (Å²) < 4.78 is 5.13. The lowest BCUT2D eigenvalue weighted by Gasteiger charge is -2.24. The first kappa shape index (κ1) is 18.4. The minimum atomic E-state index is -0.847. The fourth-order valence-electron chi connectivity index (χ4n) is 3.32. The molecular formula is C22H17N3O4. The summed E-state index contributed by atoms with van der Waals surface area (Å²) in [5.41, 5.74) is 0.977. The standard InChI is InChI=1S/C22H17N3O4/c1-29-16-9-7-14(8-10-16)20(26)18-19(15-5-4-11-23-13-15)25(22(28)21(18)27)17-6-2-3-12-24-17/h2-13,19,26H,1H3/b20-18+. The molecule has 0 aliphatic carbocycles. The van der Waals surface area contributed by atoms with Crippen LogP contribution >= 0.6 is 0 Å². The van der Waals surface area contributed by atoms with Crippen LogP contribution in [0, 0.1) is 0 Å². The molecule has 1 amide bonds. The molecule has 7 heteroatoms. The van der Waals surface area contributed by atoms with Crippen molar-refractivity contribution >= 4 is 23.3 Å². The Morgan fingerprint density at radius 1 is 1.03 bits per heavy atom. The Bertz CT molecular complexity index is 1080. The van der Waals surface area contributed by atoms with E-state index < -0.39 is 17.7 Å². The Morgan fingerprint density at radius 3 is 2.45 bits per heavy atom. The van der Waals surface area contributed by atoms with Gasteiger partial charge in [0.15, 0.2) is 0 Å². The number of benzene rings is 1. The summed E-state index contributed by atoms with van der Waals surface area (Å²) in [6.45, 7) is 0. The van der Waals surface area contributed by atoms with Gasteiger partial charge >= 0.3 is 5.91 Å². The van der Waals surface area contributed by atoms with E-state index in [9.17, 15) is 14.7 Å². The van der Waals surface area contributed by atoms with Gasteiger partial charge in [0.25, 0.3) is 5.78 Å². The Hall–Kier alpha value is -4.00. The maximum Gasteiger partial charge on any atom is 0.301 e. The van der Waals surface area contributed by atoms with E-state index >= 15 is 0 Å². The molecule has 144 valence electrons. The highest BCUT2D eigenvalue weighted by molar-refractivity contribution is 6.51. The van der Waals surface area contributed by atoms with E-state index in [0.29, 0.717) is 22.7 Å². The molecule has 4 rings (SSSR count). The largest absolute Gasteiger partial charge is 0.507 e. The molecule has 1 atom stereocenters. The molecule has 0 bridgehead atoms. The number of carbonyl (C=O) groups is 2. The zero-order valence-electron chi connectivity index (χ0n) is 15.5. The lowest BCUT2D eigenvalue weighted by molar-refractivity contribution is -0.132. The zero-order chi connectivity index (χ0) is 20.4. The number of ketones is 1. The van der Waals surface area contributed by atoms with Gasteiger partial charge < -0.3 is 9.84 Å². The third-order valence-electron chi connectivity index (χ3n) is 4.70. The van der Waals surface area contributed by atoms with E-state index in [1.165, 1.54) is 12.0 Å². The van der Waals surface area contributed by atoms with E-state index in [1.54, 1.807) is 73.2 Å². The normalized spacial score (nSPS) is 18.1. The second-order valence-corrected chi connectivity index (χ2v) is 6.37. The van der Waals surface area contributed by atoms with Crippen molar-refractivity contribution in [3.63, 3.8) is 0 Å². The van der Waals surface area contributed by atoms with Gasteiger partial charge in [0.1, 0.15) is 17.3 Å². The topological polar surface area (TPSA) is 92.6 Å². The number of methoxy groups -OCH3 is 1. The van der Waals surface area contributed by atoms with Crippen molar-refractivity contribution < 1.29 is 19.4 Å². The third kappa shape index (κ3) is 3.23. The molecule has 7 nitrogen and oxygen atoms in total. The monoisotopic (exact) mass is 387 g/mol. The molecule has 0 saturated carbocycles. The summed E-state index contributed by atoms with van der Waals surface area (Å²) in [6.07, 6.45) is 4.70. The number of anilines is 1. The number of ether oxygens (including phenoxy) is 1. The second kappa shape index (κ2) is 7.55. The Balaban J connectivity index is 1.91. The maximum atomic E-state index is 12.9. The molecule has 1 fully saturated rings. The Kier molecular flexibility index (Phi) is 4.78. The number of nitrogens with zero attached hydrogens (tertiary/aromatic N) is 3. The fourth-order valence-corrected chi connectivity index (χ4v) is 3.32. The lowest BCUT2D eigenvalue weighted by atomic mass is 9.96. The molecule has 1 aromatic carbocycles. The van der Waals surface area contributed by atoms with E-state index in [-0.39, 0.29) is 11.3 Å². The van der Waals surface area contributed by atoms with Crippen molar-refractivity contribution in [2.45, 2.75) is 6.04 Å². The molecule has 1 N–H and O–H groups in total. The number of pyridine rings is 2. The summed E-state index contributed by atoms with van der Waals surface area (Å²) in [7, 11) is 1.54. The van der Waals surface area contributed by atoms with Crippen molar-refractivity contribution in [2.24, 2.45) is 0 Å². The van der Waals surface area contributed by atoms with Crippen LogP contribution in [0.3, 0.4) is 0 Å². The van der Waals surface area contributed by atoms with Gasteiger partial charge in [-0.1, -0.05) is 12.1 Å². The number of carbonyl (C=O) groups excluding carboxylic acids is 2. The summed E-state index contributed by atoms with van der Waals surface area (Å²) >= 11 is 0. The van der Waals surface area contributed by atoms with Crippen LogP contribution in [-0.2, 0) is 9.59 Å². The number of aliphatic hydroxyl groups is 1. The second-order valence-electron chi connectivity index (χ2n) is 6.37. The SMILES string of the molecule is COc1ccc(/C(O)=C2\C(=O)C(=O)N(c3ccccn3)C2c2cccnc2)cc1. The fraction of sp³-hybridized carbons (Fsp3) is 0.0909. The van der Waals surface area contributed by atoms with Crippen LogP contribution in [0.5, 0.6) is 5.75 Å². The van der Waals surface area contributed by atoms with Gasteiger partial charge in [0, 0.05) is 24.2 Å². The van der Waals surface area contributed by atoms with Gasteiger partial charge in [-0.2, -0.15) is 0 Å². The minimum absolute atomic E-state index is 0.0150. The van der Waals surface area contributed by atoms with Gasteiger partial charge in [-0.3, -0.25) is 19.5 Å². The van der Waals surface area contributed by atoms with Crippen LogP contribution in [-0.4, -0.2) is 33.9 Å². The van der Waals surface area contributed by atoms with Crippen molar-refractivity contribution in [2.75, 3.05) is 12.0 Å². The minimum Gasteiger partial charge on any atom is -0.507 e. The van der Waals surface area contributed by atoms with Crippen molar-refractivity contribution in [3.05, 3.63) is 89.9 Å². The number of aliphatic hydroxyl groups excluding tert-OH is 1. The smallest absolute Gasteiger partial charge is 0.301 e. The zero-order valence-corrected chi connectivity index (χ0v) is 15.5. The van der Waals surface area contributed by atoms with Gasteiger partial charge in [0.2, 0.25) is 0 Å². The van der Waals surface area contributed by atoms with Gasteiger partial charge in [0.05, 0.1) is 18.7 Å². The summed E-state index contributed by atoms with van der Waals surface area (Å²) in [6, 6.07) is 14.3. The van der Waals surface area contributed by atoms with Crippen LogP contribution in [0.1, 0.15) is 17.2 Å². The predicted octanol–water partition coefficient (Wildman–Crippen LogP) is 3.11. The van der Waals surface area contributed by atoms with E-state index in [0.717, 1.165) is 0 Å². The molecule has 3 heterocycles. The first-order valence-electron chi connectivity index (χ1n) is 8.88. The number of hydrogen-bond acceptors (Lipinski definition) is 6. The van der Waals surface area contributed by atoms with Gasteiger partial charge in [-0.25, -0.2) is 4.98 Å². The third-order valence-corrected chi connectivity index (χ3v) is 4.70. The molecule has 1 unspecified atom stereocenters. The number of hydrogen-bond donors (Lipinski definition) is 1. The summed E-state index contributed by atoms with van der Waals surface area (Å²) in [4.78, 5) is 35.4. The maximum absolute atomic E-state index is 12.9. The lowest BCUT2D eigenvalue weighted by Crippen LogP contribution is -2.30. The van der Waals surface area contributed by atoms with Crippen LogP contribution in [0.15, 0.2) is 78.8 Å². The number of amides is 1. The quantitative estimate of drug-likeness (QED) is 0.420. The molecule has 29 heavy (non-hydrogen) atoms. The highest BCUT2D eigenvalue weighted by atomic mass is 16.5. The highest BCUT2D eigenvalue weighted by Gasteiger charge is 2.47. The molecule has 1 saturated heterocycles. The van der Waals surface area contributed by atoms with E-state index in [1.807, 2.05) is 0 Å². The molecule has 2 aromatic heterocycles. The first-order chi connectivity index (χ1) is 14.1. The van der Waals surface area contributed by atoms with E-state index in [2.05, 4.69) is 9.97 Å². The molecular weight excluding hydrogens is 370 g/mol. The Labute approximate surface area is 166 Å². The van der Waals surface area contributed by atoms with Crippen molar-refractivity contribution in [1.82, 2.24) is 9.97 Å². The van der Waals surface area contributed by atoms with E-state index in [4.69, 9.17) is 4.74 Å². The van der Waals surface area contributed by atoms with Crippen molar-refractivity contribution in [3.8, 4) is 5.75 Å². The summed E-state index contributed by atoms with van der Waals surface area (Å²) in [5.74, 6) is -0.875. The molecule has 0 radical (unpaired) electrons. The summed E-state index contributed by atoms with van der Waals surface area (Å²) in [5, 5.41) is 11.0. The predicted molar refractivity (Wildman–Crippen MR) is 106 cm³/mol. The van der Waals surface area contributed by atoms with Crippen LogP contribution in [0.25, 0.3) is 5.76 Å². The van der Waals surface area contributed by atoms with Crippen LogP contribution in [0.2, 0.25) is 0 Å². The first-order valence-corrected chi connectivity index (χ1v) is 8.88. The molecule has 0 spiro atoms. The number of aromatic nitrogens is 2. The number of Topliss-reactive ketones (excluding diaryl/α,β-unsaturated/α-hetero) is 1. The molecule has 1 aliphatic rings. The van der Waals surface area contributed by atoms with Crippen LogP contribution < -0.4 is 9.64 Å². The molecule has 3 aromatic rings. The van der Waals surface area contributed by atoms with Crippen molar-refractivity contribution in [1.29, 1.82) is 0 Å². The average molecular weight is 387 g/mol.